The highest BCUT2D eigenvalue weighted by Crippen LogP contribution is 2.20. The van der Waals surface area contributed by atoms with E-state index in [9.17, 15) is 19.5 Å². The van der Waals surface area contributed by atoms with Crippen molar-refractivity contribution in [1.29, 1.82) is 0 Å². The van der Waals surface area contributed by atoms with Crippen molar-refractivity contribution < 1.29 is 24.2 Å². The third-order valence-electron chi connectivity index (χ3n) is 4.93. The standard InChI is InChI=1S/C17H29N3O5/c1-25-16(23)15-13(21)8-5-11-20(15)14(22)9-10-18-17(24)19-12-6-3-2-4-7-12/h12-13,15,21H,2-11H2,1H3,(H2,18,19,24)/t13-,15-/m0/s1. The van der Waals surface area contributed by atoms with Crippen LogP contribution in [0.1, 0.15) is 51.4 Å². The Balaban J connectivity index is 1.76. The van der Waals surface area contributed by atoms with E-state index in [1.165, 1.54) is 18.4 Å². The summed E-state index contributed by atoms with van der Waals surface area (Å²) < 4.78 is 4.70. The van der Waals surface area contributed by atoms with Crippen LogP contribution in [-0.2, 0) is 14.3 Å². The molecule has 3 amide bonds. The first-order valence-corrected chi connectivity index (χ1v) is 9.12. The van der Waals surface area contributed by atoms with Crippen LogP contribution in [0, 0.1) is 0 Å². The minimum Gasteiger partial charge on any atom is -0.467 e. The van der Waals surface area contributed by atoms with E-state index in [0.717, 1.165) is 25.7 Å². The minimum atomic E-state index is -0.956. The molecule has 8 nitrogen and oxygen atoms in total. The maximum Gasteiger partial charge on any atom is 0.331 e. The third kappa shape index (κ3) is 5.59. The molecule has 0 radical (unpaired) electrons. The van der Waals surface area contributed by atoms with Gasteiger partial charge in [0.25, 0.3) is 0 Å². The molecule has 0 bridgehead atoms. The number of rotatable bonds is 5. The molecule has 2 rings (SSSR count). The quantitative estimate of drug-likeness (QED) is 0.624. The molecule has 0 aromatic rings. The summed E-state index contributed by atoms with van der Waals surface area (Å²) in [6, 6.07) is -1.00. The molecule has 8 heteroatoms. The fraction of sp³-hybridized carbons (Fsp3) is 0.824. The number of carbonyl (C=O) groups is 3. The van der Waals surface area contributed by atoms with Crippen LogP contribution in [0.5, 0.6) is 0 Å². The van der Waals surface area contributed by atoms with Gasteiger partial charge in [-0.3, -0.25) is 4.79 Å². The second-order valence-electron chi connectivity index (χ2n) is 6.75. The van der Waals surface area contributed by atoms with Gasteiger partial charge >= 0.3 is 12.0 Å². The lowest BCUT2D eigenvalue weighted by atomic mass is 9.96. The maximum atomic E-state index is 12.4. The number of nitrogens with zero attached hydrogens (tertiary/aromatic N) is 1. The molecule has 2 atom stereocenters. The first kappa shape index (κ1) is 19.5. The van der Waals surface area contributed by atoms with E-state index in [2.05, 4.69) is 10.6 Å². The van der Waals surface area contributed by atoms with E-state index in [4.69, 9.17) is 4.74 Å². The van der Waals surface area contributed by atoms with Crippen molar-refractivity contribution in [3.63, 3.8) is 0 Å². The van der Waals surface area contributed by atoms with Crippen molar-refractivity contribution in [1.82, 2.24) is 15.5 Å². The van der Waals surface area contributed by atoms with E-state index in [1.807, 2.05) is 0 Å². The number of aliphatic hydroxyl groups excluding tert-OH is 1. The lowest BCUT2D eigenvalue weighted by Gasteiger charge is -2.37. The Bertz CT molecular complexity index is 479. The summed E-state index contributed by atoms with van der Waals surface area (Å²) in [5, 5.41) is 15.6. The van der Waals surface area contributed by atoms with Gasteiger partial charge in [0.05, 0.1) is 13.2 Å². The van der Waals surface area contributed by atoms with Gasteiger partial charge in [0.1, 0.15) is 0 Å². The number of nitrogens with one attached hydrogen (secondary N) is 2. The Morgan fingerprint density at radius 1 is 1.12 bits per heavy atom. The van der Waals surface area contributed by atoms with Gasteiger partial charge in [0, 0.05) is 25.6 Å². The molecule has 1 aliphatic heterocycles. The number of hydrogen-bond donors (Lipinski definition) is 3. The second-order valence-corrected chi connectivity index (χ2v) is 6.75. The molecule has 1 saturated carbocycles. The summed E-state index contributed by atoms with van der Waals surface area (Å²) in [7, 11) is 1.24. The molecule has 1 heterocycles. The van der Waals surface area contributed by atoms with Crippen molar-refractivity contribution in [2.45, 2.75) is 69.6 Å². The number of methoxy groups -OCH3 is 1. The van der Waals surface area contributed by atoms with E-state index < -0.39 is 18.1 Å². The summed E-state index contributed by atoms with van der Waals surface area (Å²) in [6.45, 7) is 0.599. The van der Waals surface area contributed by atoms with Crippen molar-refractivity contribution in [2.24, 2.45) is 0 Å². The molecular formula is C17H29N3O5. The summed E-state index contributed by atoms with van der Waals surface area (Å²) in [5.74, 6) is -0.879. The highest BCUT2D eigenvalue weighted by molar-refractivity contribution is 5.85. The monoisotopic (exact) mass is 355 g/mol. The largest absolute Gasteiger partial charge is 0.467 e. The van der Waals surface area contributed by atoms with Crippen LogP contribution in [-0.4, -0.2) is 66.3 Å². The fourth-order valence-corrected chi connectivity index (χ4v) is 3.57. The number of aliphatic hydroxyl groups is 1. The molecule has 3 N–H and O–H groups in total. The molecular weight excluding hydrogens is 326 g/mol. The summed E-state index contributed by atoms with van der Waals surface area (Å²) in [5.41, 5.74) is 0. The Morgan fingerprint density at radius 2 is 1.84 bits per heavy atom. The van der Waals surface area contributed by atoms with Crippen LogP contribution in [0.15, 0.2) is 0 Å². The van der Waals surface area contributed by atoms with E-state index >= 15 is 0 Å². The Kier molecular flexibility index (Phi) is 7.49. The fourth-order valence-electron chi connectivity index (χ4n) is 3.57. The van der Waals surface area contributed by atoms with Crippen LogP contribution in [0.2, 0.25) is 0 Å². The van der Waals surface area contributed by atoms with E-state index in [-0.39, 0.29) is 30.9 Å². The average molecular weight is 355 g/mol. The van der Waals surface area contributed by atoms with E-state index in [1.54, 1.807) is 0 Å². The molecule has 1 saturated heterocycles. The Hall–Kier alpha value is -1.83. The molecule has 0 aromatic carbocycles. The van der Waals surface area contributed by atoms with Gasteiger partial charge in [-0.25, -0.2) is 9.59 Å². The topological polar surface area (TPSA) is 108 Å². The molecule has 1 aliphatic carbocycles. The van der Waals surface area contributed by atoms with Crippen molar-refractivity contribution in [2.75, 3.05) is 20.2 Å². The van der Waals surface area contributed by atoms with Gasteiger partial charge in [0.2, 0.25) is 5.91 Å². The van der Waals surface area contributed by atoms with Crippen LogP contribution in [0.3, 0.4) is 0 Å². The zero-order valence-corrected chi connectivity index (χ0v) is 14.8. The maximum absolute atomic E-state index is 12.4. The van der Waals surface area contributed by atoms with Crippen molar-refractivity contribution in [3.05, 3.63) is 0 Å². The highest BCUT2D eigenvalue weighted by Gasteiger charge is 2.38. The number of urea groups is 1. The van der Waals surface area contributed by atoms with Gasteiger partial charge in [-0.05, 0) is 25.7 Å². The number of hydrogen-bond acceptors (Lipinski definition) is 5. The van der Waals surface area contributed by atoms with Crippen LogP contribution >= 0.6 is 0 Å². The lowest BCUT2D eigenvalue weighted by Crippen LogP contribution is -2.55. The summed E-state index contributed by atoms with van der Waals surface area (Å²) >= 11 is 0. The van der Waals surface area contributed by atoms with Gasteiger partial charge in [0.15, 0.2) is 6.04 Å². The highest BCUT2D eigenvalue weighted by atomic mass is 16.5. The SMILES string of the molecule is COC(=O)[C@@H]1[C@@H](O)CCCN1C(=O)CCNC(=O)NC1CCCCC1. The number of amides is 3. The summed E-state index contributed by atoms with van der Waals surface area (Å²) in [4.78, 5) is 37.5. The Morgan fingerprint density at radius 3 is 2.52 bits per heavy atom. The molecule has 2 aliphatic rings. The van der Waals surface area contributed by atoms with Crippen LogP contribution in [0.4, 0.5) is 4.79 Å². The van der Waals surface area contributed by atoms with Crippen LogP contribution < -0.4 is 10.6 Å². The predicted octanol–water partition coefficient (Wildman–Crippen LogP) is 0.533. The van der Waals surface area contributed by atoms with Gasteiger partial charge < -0.3 is 25.4 Å². The Labute approximate surface area is 148 Å². The molecule has 142 valence electrons. The molecule has 0 unspecified atom stereocenters. The van der Waals surface area contributed by atoms with Crippen molar-refractivity contribution >= 4 is 17.9 Å². The first-order chi connectivity index (χ1) is 12.0. The number of ether oxygens (including phenoxy) is 1. The van der Waals surface area contributed by atoms with Gasteiger partial charge in [-0.15, -0.1) is 0 Å². The van der Waals surface area contributed by atoms with Crippen molar-refractivity contribution in [3.8, 4) is 0 Å². The molecule has 2 fully saturated rings. The zero-order valence-electron chi connectivity index (χ0n) is 14.8. The first-order valence-electron chi connectivity index (χ1n) is 9.12. The zero-order chi connectivity index (χ0) is 18.2. The summed E-state index contributed by atoms with van der Waals surface area (Å²) in [6.07, 6.45) is 5.76. The second kappa shape index (κ2) is 9.60. The smallest absolute Gasteiger partial charge is 0.331 e. The third-order valence-corrected chi connectivity index (χ3v) is 4.93. The van der Waals surface area contributed by atoms with E-state index in [0.29, 0.717) is 19.4 Å². The number of carbonyl (C=O) groups excluding carboxylic acids is 3. The minimum absolute atomic E-state index is 0.0816. The normalized spacial score (nSPS) is 24.5. The number of likely N-dealkylation sites (tertiary alicyclic amines) is 1. The molecule has 0 aromatic heterocycles. The number of piperidine rings is 1. The van der Waals surface area contributed by atoms with Gasteiger partial charge in [-0.2, -0.15) is 0 Å². The average Bonchev–Trinajstić information content (AvgIpc) is 2.61. The number of esters is 1. The predicted molar refractivity (Wildman–Crippen MR) is 90.8 cm³/mol. The molecule has 25 heavy (non-hydrogen) atoms. The van der Waals surface area contributed by atoms with Crippen LogP contribution in [0.25, 0.3) is 0 Å². The lowest BCUT2D eigenvalue weighted by molar-refractivity contribution is -0.161. The van der Waals surface area contributed by atoms with Gasteiger partial charge in [-0.1, -0.05) is 19.3 Å². The molecule has 0 spiro atoms.